The zero-order valence-corrected chi connectivity index (χ0v) is 21.2. The predicted molar refractivity (Wildman–Crippen MR) is 142 cm³/mol. The minimum atomic E-state index is 0.0123. The molecule has 1 fully saturated rings. The van der Waals surface area contributed by atoms with Crippen LogP contribution in [0.5, 0.6) is 11.5 Å². The molecule has 3 heterocycles. The minimum Gasteiger partial charge on any atom is -0.454 e. The molecule has 1 aromatic heterocycles. The molecule has 0 spiro atoms. The van der Waals surface area contributed by atoms with Crippen molar-refractivity contribution < 1.29 is 14.3 Å². The highest BCUT2D eigenvalue weighted by molar-refractivity contribution is 5.94. The number of nitrogens with zero attached hydrogens (tertiary/aromatic N) is 4. The summed E-state index contributed by atoms with van der Waals surface area (Å²) in [4.78, 5) is 18.2. The predicted octanol–water partition coefficient (Wildman–Crippen LogP) is 4.84. The summed E-state index contributed by atoms with van der Waals surface area (Å²) >= 11 is 0. The molecular formula is C30H30N4O3. The molecule has 1 saturated heterocycles. The van der Waals surface area contributed by atoms with Crippen molar-refractivity contribution in [2.45, 2.75) is 20.4 Å². The molecule has 1 amide bonds. The molecule has 6 rings (SSSR count). The van der Waals surface area contributed by atoms with Gasteiger partial charge in [-0.1, -0.05) is 48.5 Å². The Morgan fingerprint density at radius 2 is 1.65 bits per heavy atom. The van der Waals surface area contributed by atoms with Crippen molar-refractivity contribution in [2.24, 2.45) is 0 Å². The first-order valence-electron chi connectivity index (χ1n) is 12.7. The van der Waals surface area contributed by atoms with E-state index in [4.69, 9.17) is 14.6 Å². The first-order valence-corrected chi connectivity index (χ1v) is 12.7. The van der Waals surface area contributed by atoms with E-state index in [1.54, 1.807) is 0 Å². The van der Waals surface area contributed by atoms with Gasteiger partial charge in [-0.3, -0.25) is 9.69 Å². The van der Waals surface area contributed by atoms with E-state index >= 15 is 0 Å². The number of fused-ring (bicyclic) bond motifs is 1. The standard InChI is InChI=1S/C30H30N4O3/c1-21-8-9-22(2)26(16-21)34-27(18-25(31-34)24-6-4-3-5-7-24)30(35)33-14-12-32(13-15-33)19-23-10-11-28-29(17-23)37-20-36-28/h3-11,16-18H,12-15,19-20H2,1-2H3. The van der Waals surface area contributed by atoms with Gasteiger partial charge in [0.2, 0.25) is 6.79 Å². The molecule has 0 radical (unpaired) electrons. The zero-order chi connectivity index (χ0) is 25.4. The molecule has 7 heteroatoms. The molecule has 0 bridgehead atoms. The van der Waals surface area contributed by atoms with E-state index in [0.717, 1.165) is 59.2 Å². The van der Waals surface area contributed by atoms with Crippen LogP contribution in [0.2, 0.25) is 0 Å². The van der Waals surface area contributed by atoms with Crippen LogP contribution in [0.15, 0.2) is 72.8 Å². The lowest BCUT2D eigenvalue weighted by molar-refractivity contribution is 0.0619. The average molecular weight is 495 g/mol. The Labute approximate surface area is 216 Å². The van der Waals surface area contributed by atoms with E-state index in [-0.39, 0.29) is 12.7 Å². The summed E-state index contributed by atoms with van der Waals surface area (Å²) in [5, 5.41) is 4.90. The van der Waals surface area contributed by atoms with Crippen molar-refractivity contribution in [1.82, 2.24) is 19.6 Å². The van der Waals surface area contributed by atoms with Crippen LogP contribution < -0.4 is 9.47 Å². The van der Waals surface area contributed by atoms with Crippen LogP contribution in [0.3, 0.4) is 0 Å². The second-order valence-corrected chi connectivity index (χ2v) is 9.74. The second kappa shape index (κ2) is 9.75. The number of ether oxygens (including phenoxy) is 2. The fraction of sp³-hybridized carbons (Fsp3) is 0.267. The summed E-state index contributed by atoms with van der Waals surface area (Å²) in [5.41, 5.74) is 6.72. The van der Waals surface area contributed by atoms with Crippen molar-refractivity contribution in [1.29, 1.82) is 0 Å². The van der Waals surface area contributed by atoms with E-state index in [0.29, 0.717) is 18.8 Å². The van der Waals surface area contributed by atoms with Gasteiger partial charge in [0.05, 0.1) is 11.4 Å². The van der Waals surface area contributed by atoms with Crippen LogP contribution in [0.25, 0.3) is 16.9 Å². The quantitative estimate of drug-likeness (QED) is 0.397. The first kappa shape index (κ1) is 23.3. The van der Waals surface area contributed by atoms with Crippen LogP contribution in [-0.2, 0) is 6.54 Å². The Morgan fingerprint density at radius 1 is 0.865 bits per heavy atom. The average Bonchev–Trinajstić information content (AvgIpc) is 3.58. The highest BCUT2D eigenvalue weighted by Crippen LogP contribution is 2.33. The third-order valence-electron chi connectivity index (χ3n) is 7.09. The summed E-state index contributed by atoms with van der Waals surface area (Å²) < 4.78 is 12.8. The molecule has 188 valence electrons. The molecule has 0 saturated carbocycles. The van der Waals surface area contributed by atoms with Crippen LogP contribution in [0, 0.1) is 13.8 Å². The normalized spacial score (nSPS) is 15.2. The Hall–Kier alpha value is -4.10. The van der Waals surface area contributed by atoms with E-state index in [9.17, 15) is 4.79 Å². The van der Waals surface area contributed by atoms with Gasteiger partial charge in [0.15, 0.2) is 11.5 Å². The fourth-order valence-corrected chi connectivity index (χ4v) is 4.98. The fourth-order valence-electron chi connectivity index (χ4n) is 4.98. The van der Waals surface area contributed by atoms with Crippen LogP contribution in [0.1, 0.15) is 27.2 Å². The van der Waals surface area contributed by atoms with Crippen LogP contribution >= 0.6 is 0 Å². The van der Waals surface area contributed by atoms with Crippen LogP contribution in [0.4, 0.5) is 0 Å². The molecule has 37 heavy (non-hydrogen) atoms. The number of piperazine rings is 1. The molecular weight excluding hydrogens is 464 g/mol. The van der Waals surface area contributed by atoms with E-state index in [1.165, 1.54) is 5.56 Å². The number of aryl methyl sites for hydroxylation is 2. The largest absolute Gasteiger partial charge is 0.454 e. The molecule has 2 aliphatic heterocycles. The molecule has 0 unspecified atom stereocenters. The number of benzene rings is 3. The summed E-state index contributed by atoms with van der Waals surface area (Å²) in [6.07, 6.45) is 0. The van der Waals surface area contributed by atoms with Gasteiger partial charge in [-0.2, -0.15) is 5.10 Å². The third-order valence-corrected chi connectivity index (χ3v) is 7.09. The van der Waals surface area contributed by atoms with Gasteiger partial charge in [-0.25, -0.2) is 4.68 Å². The summed E-state index contributed by atoms with van der Waals surface area (Å²) in [5.74, 6) is 1.62. The molecule has 0 atom stereocenters. The lowest BCUT2D eigenvalue weighted by atomic mass is 10.1. The monoisotopic (exact) mass is 494 g/mol. The zero-order valence-electron chi connectivity index (χ0n) is 21.2. The van der Waals surface area contributed by atoms with E-state index in [2.05, 4.69) is 43.0 Å². The number of hydrogen-bond donors (Lipinski definition) is 0. The Morgan fingerprint density at radius 3 is 2.46 bits per heavy atom. The summed E-state index contributed by atoms with van der Waals surface area (Å²) in [6, 6.07) is 24.3. The highest BCUT2D eigenvalue weighted by Gasteiger charge is 2.27. The summed E-state index contributed by atoms with van der Waals surface area (Å²) in [6.45, 7) is 8.17. The maximum absolute atomic E-state index is 13.8. The van der Waals surface area contributed by atoms with Gasteiger partial charge >= 0.3 is 0 Å². The van der Waals surface area contributed by atoms with Gasteiger partial charge < -0.3 is 14.4 Å². The van der Waals surface area contributed by atoms with Crippen molar-refractivity contribution in [2.75, 3.05) is 33.0 Å². The SMILES string of the molecule is Cc1ccc(C)c(-n2nc(-c3ccccc3)cc2C(=O)N2CCN(Cc3ccc4c(c3)OCO4)CC2)c1. The van der Waals surface area contributed by atoms with Crippen molar-refractivity contribution in [3.8, 4) is 28.4 Å². The number of hydrogen-bond acceptors (Lipinski definition) is 5. The van der Waals surface area contributed by atoms with Crippen molar-refractivity contribution in [3.05, 3.63) is 95.2 Å². The van der Waals surface area contributed by atoms with Gasteiger partial charge in [0.25, 0.3) is 5.91 Å². The number of carbonyl (C=O) groups is 1. The maximum atomic E-state index is 13.8. The lowest BCUT2D eigenvalue weighted by Crippen LogP contribution is -2.48. The minimum absolute atomic E-state index is 0.0123. The van der Waals surface area contributed by atoms with Crippen molar-refractivity contribution >= 4 is 5.91 Å². The maximum Gasteiger partial charge on any atom is 0.272 e. The van der Waals surface area contributed by atoms with Gasteiger partial charge in [0, 0.05) is 38.3 Å². The molecule has 0 N–H and O–H groups in total. The Balaban J connectivity index is 1.22. The Kier molecular flexibility index (Phi) is 6.14. The molecule has 7 nitrogen and oxygen atoms in total. The van der Waals surface area contributed by atoms with E-state index < -0.39 is 0 Å². The third kappa shape index (κ3) is 4.70. The molecule has 4 aromatic rings. The number of aromatic nitrogens is 2. The molecule has 2 aliphatic rings. The smallest absolute Gasteiger partial charge is 0.272 e. The first-order chi connectivity index (χ1) is 18.0. The van der Waals surface area contributed by atoms with Crippen LogP contribution in [-0.4, -0.2) is 58.5 Å². The summed E-state index contributed by atoms with van der Waals surface area (Å²) in [7, 11) is 0. The topological polar surface area (TPSA) is 59.8 Å². The van der Waals surface area contributed by atoms with E-state index in [1.807, 2.05) is 58.1 Å². The van der Waals surface area contributed by atoms with Gasteiger partial charge in [-0.05, 0) is 54.8 Å². The number of rotatable bonds is 5. The molecule has 3 aromatic carbocycles. The molecule has 0 aliphatic carbocycles. The van der Waals surface area contributed by atoms with Gasteiger partial charge in [0.1, 0.15) is 5.69 Å². The number of carbonyl (C=O) groups excluding carboxylic acids is 1. The number of amides is 1. The highest BCUT2D eigenvalue weighted by atomic mass is 16.7. The second-order valence-electron chi connectivity index (χ2n) is 9.74. The lowest BCUT2D eigenvalue weighted by Gasteiger charge is -2.34. The van der Waals surface area contributed by atoms with Gasteiger partial charge in [-0.15, -0.1) is 0 Å². The van der Waals surface area contributed by atoms with Crippen molar-refractivity contribution in [3.63, 3.8) is 0 Å². The Bertz CT molecular complexity index is 1440.